The van der Waals surface area contributed by atoms with Crippen LogP contribution in [0.4, 0.5) is 5.13 Å². The molecule has 0 bridgehead atoms. The van der Waals surface area contributed by atoms with Crippen molar-refractivity contribution >= 4 is 22.4 Å². The van der Waals surface area contributed by atoms with Crippen LogP contribution in [0.25, 0.3) is 21.9 Å². The summed E-state index contributed by atoms with van der Waals surface area (Å²) in [7, 11) is 0. The van der Waals surface area contributed by atoms with Crippen LogP contribution in [0.2, 0.25) is 0 Å². The third-order valence-electron chi connectivity index (χ3n) is 2.73. The molecule has 0 unspecified atom stereocenters. The van der Waals surface area contributed by atoms with E-state index in [1.807, 2.05) is 0 Å². The molecule has 0 aliphatic rings. The van der Waals surface area contributed by atoms with Crippen molar-refractivity contribution in [3.05, 3.63) is 48.1 Å². The van der Waals surface area contributed by atoms with E-state index in [0.29, 0.717) is 21.3 Å². The molecule has 0 saturated carbocycles. The summed E-state index contributed by atoms with van der Waals surface area (Å²) in [5, 5.41) is 14.3. The van der Waals surface area contributed by atoms with E-state index in [1.165, 1.54) is 30.7 Å². The molecule has 0 fully saturated rings. The zero-order chi connectivity index (χ0) is 14.8. The first kappa shape index (κ1) is 13.3. The van der Waals surface area contributed by atoms with Crippen LogP contribution in [0, 0.1) is 5.21 Å². The molecule has 0 radical (unpaired) electrons. The number of hydrogen-bond donors (Lipinski definition) is 1. The minimum absolute atomic E-state index is 0.188. The lowest BCUT2D eigenvalue weighted by molar-refractivity contribution is -0.605. The number of furan rings is 1. The van der Waals surface area contributed by atoms with Crippen LogP contribution < -0.4 is 10.0 Å². The van der Waals surface area contributed by atoms with E-state index in [2.05, 4.69) is 10.3 Å². The maximum absolute atomic E-state index is 11.2. The largest absolute Gasteiger partial charge is 0.619 e. The van der Waals surface area contributed by atoms with Gasteiger partial charge in [-0.2, -0.15) is 4.73 Å². The number of carbonyl (C=O) groups excluding carboxylic acids is 1. The Bertz CT molecular complexity index is 763. The Morgan fingerprint density at radius 1 is 1.38 bits per heavy atom. The van der Waals surface area contributed by atoms with E-state index in [9.17, 15) is 10.0 Å². The molecular formula is C14H11N3O3S. The lowest BCUT2D eigenvalue weighted by Crippen LogP contribution is -2.23. The lowest BCUT2D eigenvalue weighted by Gasteiger charge is -2.00. The molecule has 6 nitrogen and oxygen atoms in total. The number of nitrogens with one attached hydrogen (secondary N) is 1. The van der Waals surface area contributed by atoms with Gasteiger partial charge in [0.2, 0.25) is 5.91 Å². The van der Waals surface area contributed by atoms with Crippen molar-refractivity contribution < 1.29 is 13.9 Å². The van der Waals surface area contributed by atoms with Crippen LogP contribution >= 0.6 is 11.3 Å². The van der Waals surface area contributed by atoms with Gasteiger partial charge >= 0.3 is 0 Å². The summed E-state index contributed by atoms with van der Waals surface area (Å²) in [6, 6.07) is 6.97. The number of carbonyl (C=O) groups is 1. The summed E-state index contributed by atoms with van der Waals surface area (Å²) in [5.74, 6) is 0.420. The van der Waals surface area contributed by atoms with Gasteiger partial charge in [0, 0.05) is 24.6 Å². The SMILES string of the molecule is CC(=O)Nc1nc(-c2ccco2)c(-c2cc[n+]([O-])cc2)s1. The summed E-state index contributed by atoms with van der Waals surface area (Å²) in [5.41, 5.74) is 1.47. The van der Waals surface area contributed by atoms with Gasteiger partial charge in [-0.15, -0.1) is 0 Å². The minimum Gasteiger partial charge on any atom is -0.619 e. The number of pyridine rings is 1. The fourth-order valence-corrected chi connectivity index (χ4v) is 2.89. The van der Waals surface area contributed by atoms with Crippen molar-refractivity contribution in [3.8, 4) is 21.9 Å². The summed E-state index contributed by atoms with van der Waals surface area (Å²) < 4.78 is 6.10. The number of hydrogen-bond acceptors (Lipinski definition) is 5. The number of anilines is 1. The van der Waals surface area contributed by atoms with Gasteiger partial charge < -0.3 is 14.9 Å². The molecule has 1 amide bonds. The Morgan fingerprint density at radius 2 is 2.14 bits per heavy atom. The highest BCUT2D eigenvalue weighted by atomic mass is 32.1. The Morgan fingerprint density at radius 3 is 2.76 bits per heavy atom. The highest BCUT2D eigenvalue weighted by molar-refractivity contribution is 7.19. The maximum atomic E-state index is 11.2. The fraction of sp³-hybridized carbons (Fsp3) is 0.0714. The van der Waals surface area contributed by atoms with Crippen molar-refractivity contribution in [2.24, 2.45) is 0 Å². The van der Waals surface area contributed by atoms with Crippen molar-refractivity contribution in [3.63, 3.8) is 0 Å². The van der Waals surface area contributed by atoms with Crippen molar-refractivity contribution in [2.45, 2.75) is 6.92 Å². The molecule has 0 aliphatic carbocycles. The summed E-state index contributed by atoms with van der Waals surface area (Å²) in [4.78, 5) is 16.4. The predicted octanol–water partition coefficient (Wildman–Crippen LogP) is 2.66. The second kappa shape index (κ2) is 5.37. The average molecular weight is 301 g/mol. The molecule has 3 heterocycles. The van der Waals surface area contributed by atoms with E-state index in [4.69, 9.17) is 4.42 Å². The van der Waals surface area contributed by atoms with Gasteiger partial charge in [0.1, 0.15) is 5.69 Å². The Labute approximate surface area is 124 Å². The van der Waals surface area contributed by atoms with Gasteiger partial charge in [-0.1, -0.05) is 11.3 Å². The monoisotopic (exact) mass is 301 g/mol. The lowest BCUT2D eigenvalue weighted by atomic mass is 10.2. The highest BCUT2D eigenvalue weighted by Gasteiger charge is 2.18. The van der Waals surface area contributed by atoms with Crippen LogP contribution in [-0.2, 0) is 4.79 Å². The van der Waals surface area contributed by atoms with E-state index in [0.717, 1.165) is 10.4 Å². The molecule has 0 saturated heterocycles. The molecule has 0 aromatic carbocycles. The normalized spacial score (nSPS) is 10.5. The molecule has 3 aromatic heterocycles. The van der Waals surface area contributed by atoms with Crippen LogP contribution in [0.3, 0.4) is 0 Å². The quantitative estimate of drug-likeness (QED) is 0.595. The smallest absolute Gasteiger partial charge is 0.223 e. The predicted molar refractivity (Wildman–Crippen MR) is 78.5 cm³/mol. The van der Waals surface area contributed by atoms with E-state index >= 15 is 0 Å². The van der Waals surface area contributed by atoms with Gasteiger partial charge in [0.15, 0.2) is 23.3 Å². The zero-order valence-electron chi connectivity index (χ0n) is 11.1. The topological polar surface area (TPSA) is 82.1 Å². The molecule has 3 rings (SSSR count). The molecule has 1 N–H and O–H groups in total. The summed E-state index contributed by atoms with van der Waals surface area (Å²) in [6.45, 7) is 1.43. The Hall–Kier alpha value is -2.67. The second-order valence-electron chi connectivity index (χ2n) is 4.30. The molecule has 3 aromatic rings. The van der Waals surface area contributed by atoms with Gasteiger partial charge in [0.05, 0.1) is 11.1 Å². The summed E-state index contributed by atoms with van der Waals surface area (Å²) in [6.07, 6.45) is 4.39. The maximum Gasteiger partial charge on any atom is 0.223 e. The van der Waals surface area contributed by atoms with Crippen molar-refractivity contribution in [1.82, 2.24) is 4.98 Å². The number of nitrogens with zero attached hydrogens (tertiary/aromatic N) is 2. The van der Waals surface area contributed by atoms with Gasteiger partial charge in [-0.05, 0) is 12.1 Å². The van der Waals surface area contributed by atoms with Gasteiger partial charge in [-0.3, -0.25) is 4.79 Å². The molecule has 0 spiro atoms. The molecular weight excluding hydrogens is 290 g/mol. The molecule has 7 heteroatoms. The summed E-state index contributed by atoms with van der Waals surface area (Å²) >= 11 is 1.33. The first-order valence-electron chi connectivity index (χ1n) is 6.15. The highest BCUT2D eigenvalue weighted by Crippen LogP contribution is 2.38. The van der Waals surface area contributed by atoms with Crippen LogP contribution in [0.1, 0.15) is 6.92 Å². The number of aromatic nitrogens is 2. The van der Waals surface area contributed by atoms with Crippen molar-refractivity contribution in [1.29, 1.82) is 0 Å². The molecule has 0 aliphatic heterocycles. The molecule has 106 valence electrons. The molecule has 21 heavy (non-hydrogen) atoms. The van der Waals surface area contributed by atoms with Crippen LogP contribution in [-0.4, -0.2) is 10.9 Å². The average Bonchev–Trinajstić information content (AvgIpc) is 3.07. The number of rotatable bonds is 3. The Kier molecular flexibility index (Phi) is 3.41. The zero-order valence-corrected chi connectivity index (χ0v) is 11.9. The number of thiazole rings is 1. The van der Waals surface area contributed by atoms with Crippen molar-refractivity contribution in [2.75, 3.05) is 5.32 Å². The van der Waals surface area contributed by atoms with Gasteiger partial charge in [0.25, 0.3) is 0 Å². The first-order chi connectivity index (χ1) is 10.1. The van der Waals surface area contributed by atoms with Crippen LogP contribution in [0.15, 0.2) is 47.3 Å². The standard InChI is InChI=1S/C14H11N3O3S/c1-9(18)15-14-16-12(11-3-2-8-20-11)13(21-14)10-4-6-17(19)7-5-10/h2-8H,1H3,(H,15,16,18). The first-order valence-corrected chi connectivity index (χ1v) is 6.96. The third-order valence-corrected chi connectivity index (χ3v) is 3.75. The fourth-order valence-electron chi connectivity index (χ4n) is 1.86. The third kappa shape index (κ3) is 2.77. The van der Waals surface area contributed by atoms with Gasteiger partial charge in [-0.25, -0.2) is 4.98 Å². The van der Waals surface area contributed by atoms with E-state index in [1.54, 1.807) is 30.5 Å². The van der Waals surface area contributed by atoms with E-state index in [-0.39, 0.29) is 5.91 Å². The Balaban J connectivity index is 2.10. The van der Waals surface area contributed by atoms with E-state index < -0.39 is 0 Å². The minimum atomic E-state index is -0.188. The molecule has 0 atom stereocenters. The second-order valence-corrected chi connectivity index (χ2v) is 5.30. The van der Waals surface area contributed by atoms with Crippen LogP contribution in [0.5, 0.6) is 0 Å². The number of amides is 1.